The molecule has 0 aliphatic carbocycles. The van der Waals surface area contributed by atoms with E-state index in [0.29, 0.717) is 0 Å². The van der Waals surface area contributed by atoms with E-state index < -0.39 is 22.2 Å². The maximum Gasteiger partial charge on any atom is 0.404 e. The largest absolute Gasteiger partial charge is 0.404 e. The van der Waals surface area contributed by atoms with Crippen molar-refractivity contribution in [2.75, 3.05) is 39.0 Å². The highest BCUT2D eigenvalue weighted by Gasteiger charge is 2.44. The van der Waals surface area contributed by atoms with Gasteiger partial charge in [-0.15, -0.1) is 0 Å². The van der Waals surface area contributed by atoms with Crippen LogP contribution in [0.3, 0.4) is 0 Å². The maximum absolute atomic E-state index is 12.8. The van der Waals surface area contributed by atoms with Crippen molar-refractivity contribution >= 4 is 10.0 Å². The highest BCUT2D eigenvalue weighted by atomic mass is 32.2. The average molecular weight is 289 g/mol. The van der Waals surface area contributed by atoms with Gasteiger partial charge < -0.3 is 5.73 Å². The van der Waals surface area contributed by atoms with Crippen LogP contribution < -0.4 is 5.73 Å². The van der Waals surface area contributed by atoms with E-state index in [9.17, 15) is 21.6 Å². The highest BCUT2D eigenvalue weighted by molar-refractivity contribution is 7.88. The second-order valence-corrected chi connectivity index (χ2v) is 6.32. The van der Waals surface area contributed by atoms with Gasteiger partial charge in [-0.25, -0.2) is 8.42 Å². The van der Waals surface area contributed by atoms with Crippen LogP contribution in [0, 0.1) is 0 Å². The Labute approximate surface area is 105 Å². The molecule has 5 nitrogen and oxygen atoms in total. The number of piperazine rings is 1. The molecule has 0 spiro atoms. The standard InChI is InChI=1S/C9H18F3N3O2S/c1-18(16,17)15-6-4-14(5-7-15)8(2-3-13)9(10,11)12/h8H,2-7,13H2,1H3. The lowest BCUT2D eigenvalue weighted by Crippen LogP contribution is -2.56. The summed E-state index contributed by atoms with van der Waals surface area (Å²) >= 11 is 0. The Hall–Kier alpha value is -0.380. The fourth-order valence-corrected chi connectivity index (χ4v) is 2.88. The molecule has 1 rings (SSSR count). The molecule has 0 radical (unpaired) electrons. The summed E-state index contributed by atoms with van der Waals surface area (Å²) in [5.74, 6) is 0. The lowest BCUT2D eigenvalue weighted by molar-refractivity contribution is -0.187. The van der Waals surface area contributed by atoms with Gasteiger partial charge in [0.2, 0.25) is 10.0 Å². The number of hydrogen-bond donors (Lipinski definition) is 1. The van der Waals surface area contributed by atoms with Crippen LogP contribution in [-0.2, 0) is 10.0 Å². The van der Waals surface area contributed by atoms with Crippen LogP contribution in [0.4, 0.5) is 13.2 Å². The molecule has 1 unspecified atom stereocenters. The third-order valence-corrected chi connectivity index (χ3v) is 4.30. The first-order chi connectivity index (χ1) is 8.16. The molecule has 0 aromatic carbocycles. The summed E-state index contributed by atoms with van der Waals surface area (Å²) in [6, 6.07) is -1.58. The lowest BCUT2D eigenvalue weighted by Gasteiger charge is -2.38. The van der Waals surface area contributed by atoms with Crippen LogP contribution in [0.25, 0.3) is 0 Å². The summed E-state index contributed by atoms with van der Waals surface area (Å²) in [6.07, 6.45) is -3.43. The molecule has 0 saturated carbocycles. The SMILES string of the molecule is CS(=O)(=O)N1CCN(C(CCN)C(F)(F)F)CC1. The van der Waals surface area contributed by atoms with Crippen LogP contribution >= 0.6 is 0 Å². The van der Waals surface area contributed by atoms with Crippen molar-refractivity contribution < 1.29 is 21.6 Å². The molecule has 18 heavy (non-hydrogen) atoms. The zero-order valence-electron chi connectivity index (χ0n) is 10.2. The third kappa shape index (κ3) is 4.08. The van der Waals surface area contributed by atoms with Gasteiger partial charge in [-0.1, -0.05) is 0 Å². The summed E-state index contributed by atoms with van der Waals surface area (Å²) in [7, 11) is -3.32. The first kappa shape index (κ1) is 15.7. The van der Waals surface area contributed by atoms with Crippen LogP contribution in [0.15, 0.2) is 0 Å². The van der Waals surface area contributed by atoms with Gasteiger partial charge in [0.05, 0.1) is 6.26 Å². The van der Waals surface area contributed by atoms with E-state index in [0.717, 1.165) is 6.26 Å². The second-order valence-electron chi connectivity index (χ2n) is 4.33. The molecule has 0 amide bonds. The molecule has 0 bridgehead atoms. The summed E-state index contributed by atoms with van der Waals surface area (Å²) in [5, 5.41) is 0. The van der Waals surface area contributed by atoms with Gasteiger partial charge >= 0.3 is 6.18 Å². The Morgan fingerprint density at radius 1 is 1.22 bits per heavy atom. The van der Waals surface area contributed by atoms with Crippen LogP contribution in [0.5, 0.6) is 0 Å². The summed E-state index contributed by atoms with van der Waals surface area (Å²) in [5.41, 5.74) is 5.20. The molecule has 1 saturated heterocycles. The van der Waals surface area contributed by atoms with E-state index in [2.05, 4.69) is 0 Å². The second kappa shape index (κ2) is 5.72. The van der Waals surface area contributed by atoms with Crippen molar-refractivity contribution in [3.8, 4) is 0 Å². The maximum atomic E-state index is 12.8. The number of nitrogens with two attached hydrogens (primary N) is 1. The van der Waals surface area contributed by atoms with E-state index in [1.165, 1.54) is 9.21 Å². The Morgan fingerprint density at radius 2 is 1.72 bits per heavy atom. The van der Waals surface area contributed by atoms with Gasteiger partial charge in [0.25, 0.3) is 0 Å². The van der Waals surface area contributed by atoms with Crippen molar-refractivity contribution in [1.29, 1.82) is 0 Å². The van der Waals surface area contributed by atoms with Crippen LogP contribution in [0.2, 0.25) is 0 Å². The number of alkyl halides is 3. The molecule has 9 heteroatoms. The number of rotatable bonds is 4. The number of nitrogens with zero attached hydrogens (tertiary/aromatic N) is 2. The van der Waals surface area contributed by atoms with Gasteiger partial charge in [0, 0.05) is 26.2 Å². The Kier molecular flexibility index (Phi) is 4.98. The predicted molar refractivity (Wildman–Crippen MR) is 61.5 cm³/mol. The number of sulfonamides is 1. The molecule has 0 aromatic heterocycles. The summed E-state index contributed by atoms with van der Waals surface area (Å²) < 4.78 is 62.1. The number of halogens is 3. The van der Waals surface area contributed by atoms with Crippen molar-refractivity contribution in [3.63, 3.8) is 0 Å². The predicted octanol–water partition coefficient (Wildman–Crippen LogP) is -0.157. The van der Waals surface area contributed by atoms with Crippen molar-refractivity contribution in [3.05, 3.63) is 0 Å². The van der Waals surface area contributed by atoms with Crippen LogP contribution in [-0.4, -0.2) is 68.8 Å². The van der Waals surface area contributed by atoms with Gasteiger partial charge in [0.1, 0.15) is 6.04 Å². The number of hydrogen-bond acceptors (Lipinski definition) is 4. The Morgan fingerprint density at radius 3 is 2.06 bits per heavy atom. The zero-order chi connectivity index (χ0) is 14.0. The van der Waals surface area contributed by atoms with E-state index >= 15 is 0 Å². The summed E-state index contributed by atoms with van der Waals surface area (Å²) in [4.78, 5) is 1.26. The first-order valence-electron chi connectivity index (χ1n) is 5.62. The Bertz CT molecular complexity index is 364. The van der Waals surface area contributed by atoms with Crippen molar-refractivity contribution in [2.24, 2.45) is 5.73 Å². The molecule has 1 heterocycles. The lowest BCUT2D eigenvalue weighted by atomic mass is 10.1. The monoisotopic (exact) mass is 289 g/mol. The molecule has 1 fully saturated rings. The van der Waals surface area contributed by atoms with Gasteiger partial charge in [0.15, 0.2) is 0 Å². The molecule has 1 aliphatic rings. The molecule has 1 atom stereocenters. The molecule has 1 aliphatic heterocycles. The Balaban J connectivity index is 2.65. The normalized spacial score (nSPS) is 22.1. The average Bonchev–Trinajstić information content (AvgIpc) is 2.23. The van der Waals surface area contributed by atoms with Crippen LogP contribution in [0.1, 0.15) is 6.42 Å². The van der Waals surface area contributed by atoms with E-state index in [-0.39, 0.29) is 39.1 Å². The van der Waals surface area contributed by atoms with Crippen molar-refractivity contribution in [2.45, 2.75) is 18.6 Å². The molecule has 2 N–H and O–H groups in total. The smallest absolute Gasteiger partial charge is 0.330 e. The highest BCUT2D eigenvalue weighted by Crippen LogP contribution is 2.27. The molecular formula is C9H18F3N3O2S. The minimum Gasteiger partial charge on any atom is -0.330 e. The van der Waals surface area contributed by atoms with E-state index in [1.54, 1.807) is 0 Å². The van der Waals surface area contributed by atoms with Gasteiger partial charge in [-0.05, 0) is 13.0 Å². The van der Waals surface area contributed by atoms with E-state index in [4.69, 9.17) is 5.73 Å². The third-order valence-electron chi connectivity index (χ3n) is 3.00. The molecule has 0 aromatic rings. The zero-order valence-corrected chi connectivity index (χ0v) is 11.0. The fourth-order valence-electron chi connectivity index (χ4n) is 2.06. The van der Waals surface area contributed by atoms with Gasteiger partial charge in [-0.2, -0.15) is 17.5 Å². The molecular weight excluding hydrogens is 271 g/mol. The minimum absolute atomic E-state index is 0.0452. The first-order valence-corrected chi connectivity index (χ1v) is 7.47. The summed E-state index contributed by atoms with van der Waals surface area (Å²) in [6.45, 7) is 0.303. The van der Waals surface area contributed by atoms with Gasteiger partial charge in [-0.3, -0.25) is 4.90 Å². The fraction of sp³-hybridized carbons (Fsp3) is 1.00. The van der Waals surface area contributed by atoms with Crippen molar-refractivity contribution in [1.82, 2.24) is 9.21 Å². The quantitative estimate of drug-likeness (QED) is 0.781. The topological polar surface area (TPSA) is 66.6 Å². The molecule has 108 valence electrons. The minimum atomic E-state index is -4.33. The van der Waals surface area contributed by atoms with E-state index in [1.807, 2.05) is 0 Å².